The number of hydrogen-bond donors (Lipinski definition) is 1. The van der Waals surface area contributed by atoms with Crippen molar-refractivity contribution in [1.29, 1.82) is 0 Å². The molecule has 0 amide bonds. The van der Waals surface area contributed by atoms with Crippen molar-refractivity contribution < 1.29 is 0 Å². The third kappa shape index (κ3) is 2.26. The Balaban J connectivity index is 1.53. The van der Waals surface area contributed by atoms with Crippen LogP contribution in [0.2, 0.25) is 0 Å². The van der Waals surface area contributed by atoms with Crippen LogP contribution in [0, 0.1) is 0 Å². The molecule has 1 aromatic heterocycles. The topological polar surface area (TPSA) is 87.2 Å². The van der Waals surface area contributed by atoms with Crippen LogP contribution in [0.1, 0.15) is 30.1 Å². The summed E-state index contributed by atoms with van der Waals surface area (Å²) in [6.07, 6.45) is 5.21. The molecule has 2 heterocycles. The summed E-state index contributed by atoms with van der Waals surface area (Å²) in [5.74, 6) is 0.618. The number of anilines is 1. The van der Waals surface area contributed by atoms with E-state index in [2.05, 4.69) is 60.2 Å². The normalized spacial score (nSPS) is 18.9. The molecule has 2 aliphatic rings. The van der Waals surface area contributed by atoms with Gasteiger partial charge < -0.3 is 5.32 Å². The van der Waals surface area contributed by atoms with Crippen molar-refractivity contribution in [2.45, 2.75) is 24.5 Å². The average Bonchev–Trinajstić information content (AvgIpc) is 3.12. The van der Waals surface area contributed by atoms with E-state index in [0.29, 0.717) is 5.95 Å². The Morgan fingerprint density at radius 3 is 2.24 bits per heavy atom. The van der Waals surface area contributed by atoms with E-state index >= 15 is 0 Å². The van der Waals surface area contributed by atoms with E-state index in [1.807, 2.05) is 6.07 Å². The quantitative estimate of drug-likeness (QED) is 0.930. The Hall–Kier alpha value is -2.70. The summed E-state index contributed by atoms with van der Waals surface area (Å²) in [5.41, 5.74) is 2.04. The lowest BCUT2D eigenvalue weighted by atomic mass is 10.1. The molecule has 0 atom stereocenters. The van der Waals surface area contributed by atoms with E-state index in [1.54, 1.807) is 12.4 Å². The summed E-state index contributed by atoms with van der Waals surface area (Å²) >= 11 is 0. The first-order valence-corrected chi connectivity index (χ1v) is 6.81. The van der Waals surface area contributed by atoms with Gasteiger partial charge in [-0.3, -0.25) is 0 Å². The SMILES string of the molecule is c1ccc(C2(Nc3ncc(C4N=NN=N4)cn3)CC2)cc1. The number of nitrogens with zero attached hydrogens (tertiary/aromatic N) is 6. The molecule has 7 heteroatoms. The Labute approximate surface area is 121 Å². The molecule has 0 radical (unpaired) electrons. The molecule has 7 nitrogen and oxygen atoms in total. The maximum Gasteiger partial charge on any atom is 0.223 e. The molecule has 1 saturated carbocycles. The molecule has 0 spiro atoms. The summed E-state index contributed by atoms with van der Waals surface area (Å²) in [6.45, 7) is 0. The summed E-state index contributed by atoms with van der Waals surface area (Å²) < 4.78 is 0. The van der Waals surface area contributed by atoms with Crippen LogP contribution in [0.4, 0.5) is 5.95 Å². The van der Waals surface area contributed by atoms with Crippen molar-refractivity contribution in [3.63, 3.8) is 0 Å². The van der Waals surface area contributed by atoms with Crippen molar-refractivity contribution in [1.82, 2.24) is 9.97 Å². The van der Waals surface area contributed by atoms with E-state index in [-0.39, 0.29) is 5.54 Å². The van der Waals surface area contributed by atoms with E-state index in [1.165, 1.54) is 5.56 Å². The molecule has 2 aromatic rings. The van der Waals surface area contributed by atoms with E-state index in [0.717, 1.165) is 18.4 Å². The van der Waals surface area contributed by atoms with Gasteiger partial charge in [0.2, 0.25) is 12.1 Å². The number of aromatic nitrogens is 2. The zero-order valence-corrected chi connectivity index (χ0v) is 11.2. The highest BCUT2D eigenvalue weighted by Crippen LogP contribution is 2.47. The third-order valence-electron chi connectivity index (χ3n) is 3.76. The van der Waals surface area contributed by atoms with Gasteiger partial charge in [0.15, 0.2) is 0 Å². The van der Waals surface area contributed by atoms with Crippen LogP contribution < -0.4 is 5.32 Å². The van der Waals surface area contributed by atoms with Gasteiger partial charge in [0.1, 0.15) is 0 Å². The van der Waals surface area contributed by atoms with Crippen molar-refractivity contribution in [3.8, 4) is 0 Å². The van der Waals surface area contributed by atoms with E-state index < -0.39 is 6.17 Å². The predicted molar refractivity (Wildman–Crippen MR) is 75.5 cm³/mol. The number of hydrogen-bond acceptors (Lipinski definition) is 7. The lowest BCUT2D eigenvalue weighted by molar-refractivity contribution is 0.746. The summed E-state index contributed by atoms with van der Waals surface area (Å²) in [6, 6.07) is 10.4. The monoisotopic (exact) mass is 279 g/mol. The second-order valence-electron chi connectivity index (χ2n) is 5.20. The zero-order valence-electron chi connectivity index (χ0n) is 11.2. The van der Waals surface area contributed by atoms with Crippen LogP contribution in [-0.4, -0.2) is 9.97 Å². The third-order valence-corrected chi connectivity index (χ3v) is 3.76. The molecule has 0 unspecified atom stereocenters. The first kappa shape index (κ1) is 12.1. The van der Waals surface area contributed by atoms with Gasteiger partial charge in [0, 0.05) is 18.0 Å². The first-order valence-electron chi connectivity index (χ1n) is 6.81. The van der Waals surface area contributed by atoms with Crippen molar-refractivity contribution in [2.75, 3.05) is 5.32 Å². The molecule has 104 valence electrons. The summed E-state index contributed by atoms with van der Waals surface area (Å²) in [7, 11) is 0. The molecule has 1 aliphatic heterocycles. The molecular formula is C14H13N7. The zero-order chi connectivity index (χ0) is 14.1. The molecule has 1 aliphatic carbocycles. The highest BCUT2D eigenvalue weighted by Gasteiger charge is 2.44. The number of nitrogens with one attached hydrogen (secondary N) is 1. The highest BCUT2D eigenvalue weighted by atomic mass is 15.6. The van der Waals surface area contributed by atoms with Gasteiger partial charge >= 0.3 is 0 Å². The van der Waals surface area contributed by atoms with Crippen molar-refractivity contribution in [3.05, 3.63) is 53.9 Å². The number of rotatable bonds is 4. The van der Waals surface area contributed by atoms with Gasteiger partial charge in [0.25, 0.3) is 0 Å². The van der Waals surface area contributed by atoms with Gasteiger partial charge in [-0.05, 0) is 28.9 Å². The fraction of sp³-hybridized carbons (Fsp3) is 0.286. The van der Waals surface area contributed by atoms with Crippen molar-refractivity contribution >= 4 is 5.95 Å². The molecular weight excluding hydrogens is 266 g/mol. The first-order chi connectivity index (χ1) is 10.4. The minimum atomic E-state index is -0.400. The minimum Gasteiger partial charge on any atom is -0.345 e. The second-order valence-corrected chi connectivity index (χ2v) is 5.20. The maximum absolute atomic E-state index is 4.35. The van der Waals surface area contributed by atoms with Crippen LogP contribution in [0.15, 0.2) is 63.4 Å². The average molecular weight is 279 g/mol. The lowest BCUT2D eigenvalue weighted by Gasteiger charge is -2.17. The molecule has 21 heavy (non-hydrogen) atoms. The molecule has 1 fully saturated rings. The van der Waals surface area contributed by atoms with Crippen LogP contribution in [0.25, 0.3) is 0 Å². The van der Waals surface area contributed by atoms with Gasteiger partial charge in [0.05, 0.1) is 5.54 Å². The Morgan fingerprint density at radius 1 is 0.952 bits per heavy atom. The predicted octanol–water partition coefficient (Wildman–Crippen LogP) is 3.41. The molecule has 0 saturated heterocycles. The fourth-order valence-electron chi connectivity index (χ4n) is 2.42. The Bertz CT molecular complexity index is 677. The van der Waals surface area contributed by atoms with Crippen LogP contribution >= 0.6 is 0 Å². The van der Waals surface area contributed by atoms with Gasteiger partial charge in [-0.15, -0.1) is 10.2 Å². The van der Waals surface area contributed by atoms with Gasteiger partial charge in [-0.2, -0.15) is 0 Å². The second kappa shape index (κ2) is 4.69. The fourth-order valence-corrected chi connectivity index (χ4v) is 2.42. The lowest BCUT2D eigenvalue weighted by Crippen LogP contribution is -2.20. The summed E-state index contributed by atoms with van der Waals surface area (Å²) in [4.78, 5) is 8.70. The van der Waals surface area contributed by atoms with Crippen molar-refractivity contribution in [2.24, 2.45) is 20.7 Å². The van der Waals surface area contributed by atoms with E-state index in [4.69, 9.17) is 0 Å². The van der Waals surface area contributed by atoms with Crippen LogP contribution in [-0.2, 0) is 5.54 Å². The van der Waals surface area contributed by atoms with E-state index in [9.17, 15) is 0 Å². The molecule has 1 aromatic carbocycles. The largest absolute Gasteiger partial charge is 0.345 e. The molecule has 4 rings (SSSR count). The molecule has 1 N–H and O–H groups in total. The van der Waals surface area contributed by atoms with Gasteiger partial charge in [-0.1, -0.05) is 30.3 Å². The maximum atomic E-state index is 4.35. The smallest absolute Gasteiger partial charge is 0.223 e. The Morgan fingerprint density at radius 2 is 1.62 bits per heavy atom. The van der Waals surface area contributed by atoms with Crippen LogP contribution in [0.3, 0.4) is 0 Å². The summed E-state index contributed by atoms with van der Waals surface area (Å²) in [5, 5.41) is 18.1. The minimum absolute atomic E-state index is 0.0183. The van der Waals surface area contributed by atoms with Crippen LogP contribution in [0.5, 0.6) is 0 Å². The molecule has 0 bridgehead atoms. The Kier molecular flexibility index (Phi) is 2.70. The van der Waals surface area contributed by atoms with Gasteiger partial charge in [-0.25, -0.2) is 9.97 Å². The number of benzene rings is 1. The standard InChI is InChI=1S/C14H13N7/c1-2-4-11(5-3-1)14(6-7-14)17-13-15-8-10(9-16-13)12-18-20-21-19-12/h1-5,8-9,12H,6-7H2,(H,15,16,17). The highest BCUT2D eigenvalue weighted by molar-refractivity contribution is 5.42.